The lowest BCUT2D eigenvalue weighted by atomic mass is 10.0. The maximum atomic E-state index is 11.4. The van der Waals surface area contributed by atoms with Crippen LogP contribution in [0.3, 0.4) is 0 Å². The van der Waals surface area contributed by atoms with E-state index in [0.717, 1.165) is 13.0 Å². The third kappa shape index (κ3) is 4.29. The summed E-state index contributed by atoms with van der Waals surface area (Å²) in [6, 6.07) is 0.382. The van der Waals surface area contributed by atoms with Gasteiger partial charge in [0.25, 0.3) is 0 Å². The van der Waals surface area contributed by atoms with Crippen LogP contribution in [-0.4, -0.2) is 49.8 Å². The van der Waals surface area contributed by atoms with Gasteiger partial charge < -0.3 is 0 Å². The molecule has 1 rings (SSSR count). The summed E-state index contributed by atoms with van der Waals surface area (Å²) in [5.74, 6) is 1.13. The third-order valence-corrected chi connectivity index (χ3v) is 5.10. The molecule has 1 saturated heterocycles. The first-order valence-electron chi connectivity index (χ1n) is 5.59. The van der Waals surface area contributed by atoms with Crippen LogP contribution in [0.1, 0.15) is 26.2 Å². The summed E-state index contributed by atoms with van der Waals surface area (Å²) in [4.78, 5) is 2.23. The molecule has 0 aromatic carbocycles. The minimum absolute atomic E-state index is 0.242. The summed E-state index contributed by atoms with van der Waals surface area (Å²) in [5, 5.41) is 0. The van der Waals surface area contributed by atoms with Gasteiger partial charge in [-0.15, -0.1) is 11.6 Å². The molecule has 1 aliphatic rings. The monoisotopic (exact) mass is 253 g/mol. The summed E-state index contributed by atoms with van der Waals surface area (Å²) in [6.45, 7) is 3.34. The minimum Gasteiger partial charge on any atom is -0.298 e. The van der Waals surface area contributed by atoms with E-state index >= 15 is 0 Å². The van der Waals surface area contributed by atoms with Crippen molar-refractivity contribution in [2.24, 2.45) is 0 Å². The Kier molecular flexibility index (Phi) is 5.36. The number of alkyl halides is 1. The van der Waals surface area contributed by atoms with Crippen LogP contribution in [0.25, 0.3) is 0 Å². The number of likely N-dealkylation sites (tertiary alicyclic amines) is 1. The van der Waals surface area contributed by atoms with E-state index < -0.39 is 9.84 Å². The predicted molar refractivity (Wildman–Crippen MR) is 64.3 cm³/mol. The van der Waals surface area contributed by atoms with Crippen LogP contribution >= 0.6 is 11.6 Å². The van der Waals surface area contributed by atoms with E-state index in [9.17, 15) is 8.42 Å². The lowest BCUT2D eigenvalue weighted by Crippen LogP contribution is -2.43. The van der Waals surface area contributed by atoms with Gasteiger partial charge in [0.2, 0.25) is 0 Å². The SMILES string of the molecule is CCS(=O)(=O)CCN1CCCCC1CCl. The molecule has 1 heterocycles. The van der Waals surface area contributed by atoms with Gasteiger partial charge in [0.05, 0.1) is 5.75 Å². The fraction of sp³-hybridized carbons (Fsp3) is 1.00. The van der Waals surface area contributed by atoms with Crippen LogP contribution in [0.4, 0.5) is 0 Å². The highest BCUT2D eigenvalue weighted by atomic mass is 35.5. The Morgan fingerprint density at radius 1 is 1.40 bits per heavy atom. The van der Waals surface area contributed by atoms with Gasteiger partial charge in [-0.3, -0.25) is 4.90 Å². The molecule has 0 aromatic rings. The maximum Gasteiger partial charge on any atom is 0.151 e. The van der Waals surface area contributed by atoms with Gasteiger partial charge in [-0.2, -0.15) is 0 Å². The number of nitrogens with zero attached hydrogens (tertiary/aromatic N) is 1. The summed E-state index contributed by atoms with van der Waals surface area (Å²) in [5.41, 5.74) is 0. The van der Waals surface area contributed by atoms with Crippen molar-refractivity contribution in [3.05, 3.63) is 0 Å². The van der Waals surface area contributed by atoms with Crippen LogP contribution in [0.15, 0.2) is 0 Å². The molecule has 1 unspecified atom stereocenters. The van der Waals surface area contributed by atoms with Gasteiger partial charge in [0.1, 0.15) is 0 Å². The molecule has 0 N–H and O–H groups in total. The normalized spacial score (nSPS) is 24.3. The number of rotatable bonds is 5. The molecule has 0 spiro atoms. The lowest BCUT2D eigenvalue weighted by molar-refractivity contribution is 0.173. The Morgan fingerprint density at radius 2 is 2.13 bits per heavy atom. The molecule has 0 aliphatic carbocycles. The van der Waals surface area contributed by atoms with Crippen molar-refractivity contribution in [2.45, 2.75) is 32.2 Å². The van der Waals surface area contributed by atoms with Gasteiger partial charge in [-0.25, -0.2) is 8.42 Å². The number of hydrogen-bond donors (Lipinski definition) is 0. The van der Waals surface area contributed by atoms with Crippen LogP contribution in [0, 0.1) is 0 Å². The van der Waals surface area contributed by atoms with E-state index in [2.05, 4.69) is 4.90 Å². The Morgan fingerprint density at radius 3 is 2.73 bits per heavy atom. The zero-order valence-electron chi connectivity index (χ0n) is 9.28. The Balaban J connectivity index is 2.42. The highest BCUT2D eigenvalue weighted by Crippen LogP contribution is 2.17. The first-order chi connectivity index (χ1) is 7.09. The molecular formula is C10H20ClNO2S. The molecule has 1 fully saturated rings. The third-order valence-electron chi connectivity index (χ3n) is 3.06. The molecule has 0 amide bonds. The van der Waals surface area contributed by atoms with E-state index in [0.29, 0.717) is 18.5 Å². The smallest absolute Gasteiger partial charge is 0.151 e. The van der Waals surface area contributed by atoms with Crippen molar-refractivity contribution < 1.29 is 8.42 Å². The van der Waals surface area contributed by atoms with Gasteiger partial charge in [0, 0.05) is 24.2 Å². The van der Waals surface area contributed by atoms with Crippen LogP contribution in [0.5, 0.6) is 0 Å². The summed E-state index contributed by atoms with van der Waals surface area (Å²) in [7, 11) is -2.84. The average Bonchev–Trinajstić information content (AvgIpc) is 2.27. The second-order valence-corrected chi connectivity index (χ2v) is 6.86. The highest BCUT2D eigenvalue weighted by Gasteiger charge is 2.22. The first-order valence-corrected chi connectivity index (χ1v) is 7.95. The van der Waals surface area contributed by atoms with Crippen molar-refractivity contribution in [2.75, 3.05) is 30.5 Å². The number of hydrogen-bond acceptors (Lipinski definition) is 3. The maximum absolute atomic E-state index is 11.4. The van der Waals surface area contributed by atoms with Crippen molar-refractivity contribution in [3.8, 4) is 0 Å². The van der Waals surface area contributed by atoms with Crippen molar-refractivity contribution in [3.63, 3.8) is 0 Å². The molecule has 15 heavy (non-hydrogen) atoms. The standard InChI is InChI=1S/C10H20ClNO2S/c1-2-15(13,14)8-7-12-6-4-3-5-10(12)9-11/h10H,2-9H2,1H3. The van der Waals surface area contributed by atoms with Gasteiger partial charge in [-0.1, -0.05) is 13.3 Å². The van der Waals surface area contributed by atoms with Crippen molar-refractivity contribution in [1.82, 2.24) is 4.90 Å². The summed E-state index contributed by atoms with van der Waals surface area (Å²) in [6.07, 6.45) is 3.49. The zero-order valence-corrected chi connectivity index (χ0v) is 10.9. The highest BCUT2D eigenvalue weighted by molar-refractivity contribution is 7.91. The molecule has 3 nitrogen and oxygen atoms in total. The Labute approximate surface area is 97.7 Å². The molecule has 0 radical (unpaired) electrons. The molecule has 5 heteroatoms. The van der Waals surface area contributed by atoms with Crippen LogP contribution in [0.2, 0.25) is 0 Å². The minimum atomic E-state index is -2.84. The molecule has 0 bridgehead atoms. The van der Waals surface area contributed by atoms with E-state index in [1.807, 2.05) is 0 Å². The molecule has 1 aliphatic heterocycles. The van der Waals surface area contributed by atoms with Crippen molar-refractivity contribution in [1.29, 1.82) is 0 Å². The largest absolute Gasteiger partial charge is 0.298 e. The van der Waals surface area contributed by atoms with E-state index in [1.54, 1.807) is 6.92 Å². The quantitative estimate of drug-likeness (QED) is 0.697. The lowest BCUT2D eigenvalue weighted by Gasteiger charge is -2.34. The Bertz CT molecular complexity index is 279. The second kappa shape index (κ2) is 6.06. The molecule has 1 atom stereocenters. The fourth-order valence-corrected chi connectivity index (χ4v) is 3.08. The number of sulfone groups is 1. The average molecular weight is 254 g/mol. The molecule has 0 aromatic heterocycles. The van der Waals surface area contributed by atoms with Crippen molar-refractivity contribution >= 4 is 21.4 Å². The molecule has 0 saturated carbocycles. The van der Waals surface area contributed by atoms with E-state index in [-0.39, 0.29) is 11.5 Å². The zero-order chi connectivity index (χ0) is 11.3. The van der Waals surface area contributed by atoms with Crippen LogP contribution in [-0.2, 0) is 9.84 Å². The summed E-state index contributed by atoms with van der Waals surface area (Å²) >= 11 is 5.87. The van der Waals surface area contributed by atoms with Gasteiger partial charge >= 0.3 is 0 Å². The second-order valence-electron chi connectivity index (χ2n) is 4.08. The van der Waals surface area contributed by atoms with Crippen LogP contribution < -0.4 is 0 Å². The first kappa shape index (κ1) is 13.3. The fourth-order valence-electron chi connectivity index (χ4n) is 1.93. The van der Waals surface area contributed by atoms with E-state index in [4.69, 9.17) is 11.6 Å². The summed E-state index contributed by atoms with van der Waals surface area (Å²) < 4.78 is 22.8. The van der Waals surface area contributed by atoms with Gasteiger partial charge in [-0.05, 0) is 19.4 Å². The number of piperidine rings is 1. The number of halogens is 1. The van der Waals surface area contributed by atoms with E-state index in [1.165, 1.54) is 12.8 Å². The topological polar surface area (TPSA) is 37.4 Å². The Hall–Kier alpha value is 0.200. The molecular weight excluding hydrogens is 234 g/mol. The predicted octanol–water partition coefficient (Wildman–Crippen LogP) is 1.51. The van der Waals surface area contributed by atoms with Gasteiger partial charge in [0.15, 0.2) is 9.84 Å². The molecule has 90 valence electrons.